The first kappa shape index (κ1) is 24.0. The fourth-order valence-electron chi connectivity index (χ4n) is 4.41. The van der Waals surface area contributed by atoms with E-state index in [1.165, 1.54) is 6.42 Å². The van der Waals surface area contributed by atoms with Crippen molar-refractivity contribution in [2.75, 3.05) is 0 Å². The van der Waals surface area contributed by atoms with Crippen LogP contribution in [-0.2, 0) is 25.7 Å². The number of benzene rings is 1. The Hall–Kier alpha value is -2.62. The van der Waals surface area contributed by atoms with Crippen LogP contribution in [0.2, 0.25) is 0 Å². The number of carbonyl (C=O) groups is 3. The maximum absolute atomic E-state index is 12.7. The first-order valence-corrected chi connectivity index (χ1v) is 10.7. The molecule has 2 unspecified atom stereocenters. The monoisotopic (exact) mass is 456 g/mol. The van der Waals surface area contributed by atoms with Crippen LogP contribution in [0.3, 0.4) is 0 Å². The summed E-state index contributed by atoms with van der Waals surface area (Å²) in [6, 6.07) is 10.3. The van der Waals surface area contributed by atoms with E-state index in [1.807, 2.05) is 30.3 Å². The van der Waals surface area contributed by atoms with E-state index in [0.717, 1.165) is 31.2 Å². The standard InChI is InChI=1S/C20H26N2O3.C2HF3O2/c23-18(25-13-14-5-2-1-3-6-14)15-11-17(12-15)21-19(24)20-9-4-7-16(22-20)8-10-20;3-2(4,5)1(6)7/h1-3,5-6,15-17,22H,4,7-13H2,(H,21,24);(H,6,7). The van der Waals surface area contributed by atoms with Gasteiger partial charge in [0.15, 0.2) is 0 Å². The number of amides is 1. The number of alkyl halides is 3. The Morgan fingerprint density at radius 2 is 1.78 bits per heavy atom. The minimum absolute atomic E-state index is 0.0813. The molecule has 2 saturated heterocycles. The van der Waals surface area contributed by atoms with Gasteiger partial charge < -0.3 is 20.5 Å². The number of esters is 1. The minimum atomic E-state index is -5.08. The van der Waals surface area contributed by atoms with Gasteiger partial charge in [0.25, 0.3) is 0 Å². The number of aliphatic carboxylic acids is 1. The summed E-state index contributed by atoms with van der Waals surface area (Å²) in [5, 5.41) is 13.8. The highest BCUT2D eigenvalue weighted by Gasteiger charge is 2.48. The van der Waals surface area contributed by atoms with Gasteiger partial charge in [-0.1, -0.05) is 30.3 Å². The summed E-state index contributed by atoms with van der Waals surface area (Å²) < 4.78 is 37.1. The summed E-state index contributed by atoms with van der Waals surface area (Å²) in [6.07, 6.45) is 1.60. The Bertz CT molecular complexity index is 823. The summed E-state index contributed by atoms with van der Waals surface area (Å²) in [5.41, 5.74) is 0.653. The molecule has 1 aromatic rings. The van der Waals surface area contributed by atoms with Crippen LogP contribution < -0.4 is 10.6 Å². The number of piperidine rings is 1. The van der Waals surface area contributed by atoms with Crippen LogP contribution in [0.15, 0.2) is 30.3 Å². The number of hydrogen-bond donors (Lipinski definition) is 3. The number of fused-ring (bicyclic) bond motifs is 2. The molecule has 32 heavy (non-hydrogen) atoms. The molecule has 3 fully saturated rings. The highest BCUT2D eigenvalue weighted by Crippen LogP contribution is 2.37. The zero-order chi connectivity index (χ0) is 23.4. The summed E-state index contributed by atoms with van der Waals surface area (Å²) in [6.45, 7) is 0.321. The second-order valence-electron chi connectivity index (χ2n) is 8.59. The van der Waals surface area contributed by atoms with Crippen LogP contribution in [0, 0.1) is 5.92 Å². The average molecular weight is 456 g/mol. The van der Waals surface area contributed by atoms with Crippen LogP contribution in [0.5, 0.6) is 0 Å². The van der Waals surface area contributed by atoms with E-state index in [4.69, 9.17) is 14.6 Å². The maximum Gasteiger partial charge on any atom is 0.490 e. The normalized spacial score (nSPS) is 28.5. The Morgan fingerprint density at radius 1 is 1.12 bits per heavy atom. The van der Waals surface area contributed by atoms with E-state index < -0.39 is 12.1 Å². The molecule has 3 aliphatic rings. The van der Waals surface area contributed by atoms with Crippen molar-refractivity contribution < 1.29 is 37.4 Å². The SMILES string of the molecule is O=C(O)C(F)(F)F.O=C(OCc1ccccc1)C1CC(NC(=O)C23CCCC(CC2)N3)C1. The van der Waals surface area contributed by atoms with Gasteiger partial charge >= 0.3 is 18.1 Å². The maximum atomic E-state index is 12.7. The van der Waals surface area contributed by atoms with Crippen LogP contribution in [0.25, 0.3) is 0 Å². The van der Waals surface area contributed by atoms with Gasteiger partial charge in [-0.15, -0.1) is 0 Å². The molecular formula is C22H27F3N2O5. The topological polar surface area (TPSA) is 105 Å². The molecule has 10 heteroatoms. The molecule has 2 aliphatic heterocycles. The highest BCUT2D eigenvalue weighted by atomic mass is 19.4. The molecule has 1 aromatic carbocycles. The van der Waals surface area contributed by atoms with Gasteiger partial charge in [-0.05, 0) is 50.5 Å². The van der Waals surface area contributed by atoms with E-state index >= 15 is 0 Å². The van der Waals surface area contributed by atoms with Crippen molar-refractivity contribution in [3.05, 3.63) is 35.9 Å². The molecule has 0 aromatic heterocycles. The van der Waals surface area contributed by atoms with Gasteiger partial charge in [0.05, 0.1) is 11.5 Å². The van der Waals surface area contributed by atoms with Gasteiger partial charge in [0.2, 0.25) is 5.91 Å². The van der Waals surface area contributed by atoms with Crippen LogP contribution in [0.4, 0.5) is 13.2 Å². The van der Waals surface area contributed by atoms with Gasteiger partial charge in [-0.25, -0.2) is 4.79 Å². The second-order valence-corrected chi connectivity index (χ2v) is 8.59. The van der Waals surface area contributed by atoms with Crippen LogP contribution in [0.1, 0.15) is 50.5 Å². The zero-order valence-electron chi connectivity index (χ0n) is 17.5. The van der Waals surface area contributed by atoms with Crippen molar-refractivity contribution in [3.63, 3.8) is 0 Å². The fraction of sp³-hybridized carbons (Fsp3) is 0.591. The highest BCUT2D eigenvalue weighted by molar-refractivity contribution is 5.87. The molecule has 1 amide bonds. The molecule has 3 N–H and O–H groups in total. The molecule has 7 nitrogen and oxygen atoms in total. The Labute approximate surface area is 183 Å². The molecule has 2 bridgehead atoms. The molecule has 2 heterocycles. The van der Waals surface area contributed by atoms with Crippen molar-refractivity contribution in [3.8, 4) is 0 Å². The number of nitrogens with one attached hydrogen (secondary N) is 2. The molecule has 0 radical (unpaired) electrons. The number of carboxylic acid groups (broad SMARTS) is 1. The number of hydrogen-bond acceptors (Lipinski definition) is 5. The quantitative estimate of drug-likeness (QED) is 0.589. The third kappa shape index (κ3) is 5.99. The number of carboxylic acids is 1. The third-order valence-electron chi connectivity index (χ3n) is 6.26. The number of carbonyl (C=O) groups excluding carboxylic acids is 2. The molecule has 1 saturated carbocycles. The van der Waals surface area contributed by atoms with Gasteiger partial charge in [0.1, 0.15) is 6.61 Å². The zero-order valence-corrected chi connectivity index (χ0v) is 17.5. The number of halogens is 3. The first-order chi connectivity index (χ1) is 15.1. The molecule has 176 valence electrons. The smallest absolute Gasteiger partial charge is 0.475 e. The fourth-order valence-corrected chi connectivity index (χ4v) is 4.41. The molecule has 0 spiro atoms. The van der Waals surface area contributed by atoms with E-state index in [2.05, 4.69) is 10.6 Å². The van der Waals surface area contributed by atoms with Crippen molar-refractivity contribution >= 4 is 17.8 Å². The van der Waals surface area contributed by atoms with Crippen LogP contribution in [-0.4, -0.2) is 46.8 Å². The number of rotatable bonds is 5. The average Bonchev–Trinajstić information content (AvgIpc) is 3.03. The Morgan fingerprint density at radius 3 is 2.41 bits per heavy atom. The van der Waals surface area contributed by atoms with Gasteiger partial charge in [0, 0.05) is 12.1 Å². The number of ether oxygens (including phenoxy) is 1. The lowest BCUT2D eigenvalue weighted by atomic mass is 9.79. The van der Waals surface area contributed by atoms with Crippen molar-refractivity contribution in [2.45, 2.75) is 75.4 Å². The summed E-state index contributed by atoms with van der Waals surface area (Å²) in [5.74, 6) is -2.85. The van der Waals surface area contributed by atoms with Crippen molar-refractivity contribution in [1.29, 1.82) is 0 Å². The lowest BCUT2D eigenvalue weighted by Crippen LogP contribution is -2.60. The second kappa shape index (κ2) is 9.89. The minimum Gasteiger partial charge on any atom is -0.475 e. The lowest BCUT2D eigenvalue weighted by molar-refractivity contribution is -0.192. The van der Waals surface area contributed by atoms with E-state index in [1.54, 1.807) is 0 Å². The molecule has 2 atom stereocenters. The summed E-state index contributed by atoms with van der Waals surface area (Å²) in [4.78, 5) is 33.7. The largest absolute Gasteiger partial charge is 0.490 e. The lowest BCUT2D eigenvalue weighted by Gasteiger charge is -2.39. The molecule has 1 aliphatic carbocycles. The molecule has 4 rings (SSSR count). The third-order valence-corrected chi connectivity index (χ3v) is 6.26. The first-order valence-electron chi connectivity index (χ1n) is 10.7. The van der Waals surface area contributed by atoms with E-state index in [9.17, 15) is 22.8 Å². The van der Waals surface area contributed by atoms with Crippen molar-refractivity contribution in [1.82, 2.24) is 10.6 Å². The summed E-state index contributed by atoms with van der Waals surface area (Å²) >= 11 is 0. The summed E-state index contributed by atoms with van der Waals surface area (Å²) in [7, 11) is 0. The van der Waals surface area contributed by atoms with Crippen LogP contribution >= 0.6 is 0 Å². The Kier molecular flexibility index (Phi) is 7.43. The Balaban J connectivity index is 0.000000360. The molecular weight excluding hydrogens is 429 g/mol. The van der Waals surface area contributed by atoms with Gasteiger partial charge in [-0.2, -0.15) is 13.2 Å². The van der Waals surface area contributed by atoms with Gasteiger partial charge in [-0.3, -0.25) is 9.59 Å². The van der Waals surface area contributed by atoms with E-state index in [-0.39, 0.29) is 29.4 Å². The predicted molar refractivity (Wildman–Crippen MR) is 107 cm³/mol. The predicted octanol–water partition coefficient (Wildman–Crippen LogP) is 2.93. The van der Waals surface area contributed by atoms with E-state index in [0.29, 0.717) is 25.5 Å². The van der Waals surface area contributed by atoms with Crippen molar-refractivity contribution in [2.24, 2.45) is 5.92 Å².